The molecule has 0 saturated heterocycles. The van der Waals surface area contributed by atoms with E-state index in [9.17, 15) is 4.79 Å². The lowest BCUT2D eigenvalue weighted by Crippen LogP contribution is -2.12. The van der Waals surface area contributed by atoms with Crippen LogP contribution in [0.1, 0.15) is 15.9 Å². The number of hydrogen-bond acceptors (Lipinski definition) is 4. The molecule has 3 aromatic rings. The van der Waals surface area contributed by atoms with Gasteiger partial charge in [0.1, 0.15) is 0 Å². The van der Waals surface area contributed by atoms with Crippen molar-refractivity contribution in [2.24, 2.45) is 0 Å². The number of nitrogens with zero attached hydrogens (tertiary/aromatic N) is 2. The molecule has 6 heteroatoms. The van der Waals surface area contributed by atoms with Gasteiger partial charge in [-0.1, -0.05) is 46.3 Å². The largest absolute Gasteiger partial charge is 0.297 e. The minimum absolute atomic E-state index is 0.170. The van der Waals surface area contributed by atoms with Crippen molar-refractivity contribution in [2.45, 2.75) is 6.92 Å². The van der Waals surface area contributed by atoms with Crippen molar-refractivity contribution >= 4 is 38.5 Å². The van der Waals surface area contributed by atoms with Crippen LogP contribution in [0.4, 0.5) is 5.13 Å². The normalized spacial score (nSPS) is 10.5. The first kappa shape index (κ1) is 14.9. The summed E-state index contributed by atoms with van der Waals surface area (Å²) in [6, 6.07) is 15.2. The van der Waals surface area contributed by atoms with Crippen LogP contribution in [0, 0.1) is 6.92 Å². The van der Waals surface area contributed by atoms with Crippen molar-refractivity contribution in [3.05, 3.63) is 64.1 Å². The highest BCUT2D eigenvalue weighted by molar-refractivity contribution is 9.10. The van der Waals surface area contributed by atoms with E-state index in [1.165, 1.54) is 11.5 Å². The second kappa shape index (κ2) is 6.37. The maximum atomic E-state index is 12.2. The minimum Gasteiger partial charge on any atom is -0.297 e. The predicted octanol–water partition coefficient (Wildman–Crippen LogP) is 4.53. The molecule has 0 radical (unpaired) electrons. The highest BCUT2D eigenvalue weighted by Gasteiger charge is 2.12. The number of benzene rings is 2. The molecule has 0 aliphatic carbocycles. The number of halogens is 1. The summed E-state index contributed by atoms with van der Waals surface area (Å²) in [6.45, 7) is 1.91. The topological polar surface area (TPSA) is 54.9 Å². The number of hydrogen-bond donors (Lipinski definition) is 1. The van der Waals surface area contributed by atoms with Crippen molar-refractivity contribution in [1.29, 1.82) is 0 Å². The Labute approximate surface area is 140 Å². The molecule has 0 spiro atoms. The van der Waals surface area contributed by atoms with Crippen LogP contribution in [0.2, 0.25) is 0 Å². The molecule has 1 amide bonds. The zero-order valence-corrected chi connectivity index (χ0v) is 14.1. The maximum absolute atomic E-state index is 12.2. The van der Waals surface area contributed by atoms with E-state index in [0.29, 0.717) is 16.5 Å². The summed E-state index contributed by atoms with van der Waals surface area (Å²) in [5, 5.41) is 3.29. The van der Waals surface area contributed by atoms with Gasteiger partial charge >= 0.3 is 0 Å². The first-order valence-electron chi connectivity index (χ1n) is 6.60. The molecule has 4 nitrogen and oxygen atoms in total. The van der Waals surface area contributed by atoms with Gasteiger partial charge < -0.3 is 0 Å². The van der Waals surface area contributed by atoms with Crippen molar-refractivity contribution in [3.8, 4) is 11.4 Å². The number of rotatable bonds is 3. The summed E-state index contributed by atoms with van der Waals surface area (Å²) in [4.78, 5) is 16.6. The molecule has 3 rings (SSSR count). The highest BCUT2D eigenvalue weighted by atomic mass is 79.9. The number of amides is 1. The van der Waals surface area contributed by atoms with Crippen LogP contribution in [-0.4, -0.2) is 15.3 Å². The summed E-state index contributed by atoms with van der Waals surface area (Å²) in [6.07, 6.45) is 0. The zero-order chi connectivity index (χ0) is 15.5. The zero-order valence-electron chi connectivity index (χ0n) is 11.7. The third-order valence-electron chi connectivity index (χ3n) is 3.14. The van der Waals surface area contributed by atoms with Crippen LogP contribution in [0.25, 0.3) is 11.4 Å². The minimum atomic E-state index is -0.170. The van der Waals surface area contributed by atoms with Gasteiger partial charge in [0.25, 0.3) is 5.91 Å². The van der Waals surface area contributed by atoms with E-state index >= 15 is 0 Å². The molecule has 2 aromatic carbocycles. The molecule has 0 bridgehead atoms. The number of carbonyl (C=O) groups is 1. The fourth-order valence-electron chi connectivity index (χ4n) is 1.98. The summed E-state index contributed by atoms with van der Waals surface area (Å²) in [5.74, 6) is 0.439. The Morgan fingerprint density at radius 1 is 1.14 bits per heavy atom. The Balaban J connectivity index is 1.78. The third kappa shape index (κ3) is 3.23. The Kier molecular flexibility index (Phi) is 4.31. The number of aromatic nitrogens is 2. The van der Waals surface area contributed by atoms with Crippen LogP contribution in [0.15, 0.2) is 53.0 Å². The van der Waals surface area contributed by atoms with Gasteiger partial charge in [0.15, 0.2) is 5.82 Å². The Morgan fingerprint density at radius 3 is 2.59 bits per heavy atom. The highest BCUT2D eigenvalue weighted by Crippen LogP contribution is 2.23. The van der Waals surface area contributed by atoms with Crippen LogP contribution < -0.4 is 5.32 Å². The van der Waals surface area contributed by atoms with Crippen molar-refractivity contribution in [3.63, 3.8) is 0 Å². The van der Waals surface area contributed by atoms with Gasteiger partial charge in [-0.3, -0.25) is 10.1 Å². The lowest BCUT2D eigenvalue weighted by atomic mass is 10.1. The second-order valence-corrected chi connectivity index (χ2v) is 6.37. The maximum Gasteiger partial charge on any atom is 0.257 e. The van der Waals surface area contributed by atoms with E-state index in [2.05, 4.69) is 30.6 Å². The van der Waals surface area contributed by atoms with Gasteiger partial charge in [0.05, 0.1) is 0 Å². The van der Waals surface area contributed by atoms with E-state index in [1.54, 1.807) is 6.07 Å². The molecule has 0 atom stereocenters. The molecule has 110 valence electrons. The summed E-state index contributed by atoms with van der Waals surface area (Å²) in [7, 11) is 0. The van der Waals surface area contributed by atoms with E-state index in [0.717, 1.165) is 15.6 Å². The van der Waals surface area contributed by atoms with E-state index in [1.807, 2.05) is 49.4 Å². The van der Waals surface area contributed by atoms with E-state index < -0.39 is 0 Å². The lowest BCUT2D eigenvalue weighted by molar-refractivity contribution is 0.102. The van der Waals surface area contributed by atoms with Gasteiger partial charge in [-0.15, -0.1) is 0 Å². The van der Waals surface area contributed by atoms with Gasteiger partial charge in [-0.05, 0) is 30.7 Å². The van der Waals surface area contributed by atoms with Crippen LogP contribution >= 0.6 is 27.5 Å². The van der Waals surface area contributed by atoms with Crippen LogP contribution in [0.5, 0.6) is 0 Å². The van der Waals surface area contributed by atoms with Gasteiger partial charge in [-0.25, -0.2) is 0 Å². The fourth-order valence-corrected chi connectivity index (χ4v) is 2.83. The molecule has 0 aliphatic rings. The molecule has 0 saturated carbocycles. The molecule has 22 heavy (non-hydrogen) atoms. The molecule has 0 aliphatic heterocycles. The fraction of sp³-hybridized carbons (Fsp3) is 0.0625. The summed E-state index contributed by atoms with van der Waals surface area (Å²) in [5.41, 5.74) is 2.48. The van der Waals surface area contributed by atoms with Crippen LogP contribution in [-0.2, 0) is 0 Å². The van der Waals surface area contributed by atoms with Crippen molar-refractivity contribution < 1.29 is 4.79 Å². The molecule has 1 aromatic heterocycles. The van der Waals surface area contributed by atoms with Crippen molar-refractivity contribution in [1.82, 2.24) is 9.36 Å². The van der Waals surface area contributed by atoms with E-state index in [4.69, 9.17) is 0 Å². The van der Waals surface area contributed by atoms with Crippen molar-refractivity contribution in [2.75, 3.05) is 5.32 Å². The SMILES string of the molecule is Cc1ccccc1C(=O)Nc1nc(-c2ccc(Br)cc2)ns1. The average molecular weight is 374 g/mol. The smallest absolute Gasteiger partial charge is 0.257 e. The first-order chi connectivity index (χ1) is 10.6. The number of aryl methyl sites for hydroxylation is 1. The monoisotopic (exact) mass is 373 g/mol. The lowest BCUT2D eigenvalue weighted by Gasteiger charge is -2.04. The molecule has 0 unspecified atom stereocenters. The Bertz CT molecular complexity index is 814. The Hall–Kier alpha value is -2.05. The number of anilines is 1. The molecular weight excluding hydrogens is 362 g/mol. The first-order valence-corrected chi connectivity index (χ1v) is 8.17. The third-order valence-corrected chi connectivity index (χ3v) is 4.30. The molecule has 1 heterocycles. The number of carbonyl (C=O) groups excluding carboxylic acids is 1. The van der Waals surface area contributed by atoms with Gasteiger partial charge in [-0.2, -0.15) is 9.36 Å². The second-order valence-electron chi connectivity index (χ2n) is 4.70. The quantitative estimate of drug-likeness (QED) is 0.733. The number of nitrogens with one attached hydrogen (secondary N) is 1. The van der Waals surface area contributed by atoms with E-state index in [-0.39, 0.29) is 5.91 Å². The van der Waals surface area contributed by atoms with Gasteiger partial charge in [0.2, 0.25) is 5.13 Å². The summed E-state index contributed by atoms with van der Waals surface area (Å²) < 4.78 is 5.29. The average Bonchev–Trinajstić information content (AvgIpc) is 2.97. The standard InChI is InChI=1S/C16H12BrN3OS/c1-10-4-2-3-5-13(10)15(21)19-16-18-14(20-22-16)11-6-8-12(17)9-7-11/h2-9H,1H3,(H,18,19,20,21). The molecule has 0 fully saturated rings. The Morgan fingerprint density at radius 2 is 1.86 bits per heavy atom. The molecular formula is C16H12BrN3OS. The van der Waals surface area contributed by atoms with Gasteiger partial charge in [0, 0.05) is 27.1 Å². The molecule has 1 N–H and O–H groups in total. The predicted molar refractivity (Wildman–Crippen MR) is 92.2 cm³/mol. The summed E-state index contributed by atoms with van der Waals surface area (Å²) >= 11 is 4.57. The van der Waals surface area contributed by atoms with Crippen LogP contribution in [0.3, 0.4) is 0 Å².